The van der Waals surface area contributed by atoms with Gasteiger partial charge in [-0.1, -0.05) is 19.9 Å². The minimum absolute atomic E-state index is 0.0259. The Kier molecular flexibility index (Phi) is 5.34. The van der Waals surface area contributed by atoms with E-state index < -0.39 is 17.0 Å². The topological polar surface area (TPSA) is 49.4 Å². The maximum atomic E-state index is 13.6. The third-order valence-corrected chi connectivity index (χ3v) is 4.52. The first-order chi connectivity index (χ1) is 10.9. The molecule has 1 aromatic carbocycles. The van der Waals surface area contributed by atoms with E-state index >= 15 is 0 Å². The van der Waals surface area contributed by atoms with Crippen molar-refractivity contribution in [3.05, 3.63) is 35.4 Å². The van der Waals surface area contributed by atoms with Gasteiger partial charge in [0.1, 0.15) is 11.6 Å². The molecule has 1 fully saturated rings. The minimum atomic E-state index is -0.668. The summed E-state index contributed by atoms with van der Waals surface area (Å²) >= 11 is 0. The second-order valence-corrected chi connectivity index (χ2v) is 6.21. The highest BCUT2D eigenvalue weighted by Crippen LogP contribution is 2.31. The molecule has 2 amide bonds. The first-order valence-electron chi connectivity index (χ1n) is 7.86. The summed E-state index contributed by atoms with van der Waals surface area (Å²) in [6.07, 6.45) is 1.62. The first kappa shape index (κ1) is 17.4. The molecule has 1 heterocycles. The van der Waals surface area contributed by atoms with Gasteiger partial charge in [0.05, 0.1) is 0 Å². The number of likely N-dealkylation sites (tertiary alicyclic amines) is 1. The van der Waals surface area contributed by atoms with E-state index in [4.69, 9.17) is 0 Å². The molecule has 0 unspecified atom stereocenters. The highest BCUT2D eigenvalue weighted by atomic mass is 19.1. The largest absolute Gasteiger partial charge is 0.351 e. The van der Waals surface area contributed by atoms with Crippen LogP contribution in [-0.4, -0.2) is 29.8 Å². The number of nitrogens with zero attached hydrogens (tertiary/aromatic N) is 1. The summed E-state index contributed by atoms with van der Waals surface area (Å²) in [5.74, 6) is -1.37. The van der Waals surface area contributed by atoms with E-state index in [-0.39, 0.29) is 23.9 Å². The van der Waals surface area contributed by atoms with Crippen LogP contribution in [0.15, 0.2) is 18.2 Å². The van der Waals surface area contributed by atoms with E-state index in [2.05, 4.69) is 5.32 Å². The lowest BCUT2D eigenvalue weighted by Gasteiger charge is -2.38. The summed E-state index contributed by atoms with van der Waals surface area (Å²) in [6, 6.07) is 3.30. The van der Waals surface area contributed by atoms with Crippen LogP contribution < -0.4 is 5.32 Å². The van der Waals surface area contributed by atoms with Gasteiger partial charge in [0.15, 0.2) is 0 Å². The fourth-order valence-corrected chi connectivity index (χ4v) is 2.75. The standard InChI is InChI=1S/C17H22F2N2O2/c1-3-15(22)21-8-6-17(2,7-9-21)16(23)20-11-12-4-5-13(18)10-14(12)19/h4-5,10H,3,6-9,11H2,1-2H3,(H,20,23). The minimum Gasteiger partial charge on any atom is -0.351 e. The van der Waals surface area contributed by atoms with Crippen LogP contribution in [0.25, 0.3) is 0 Å². The van der Waals surface area contributed by atoms with Crippen LogP contribution in [0.3, 0.4) is 0 Å². The van der Waals surface area contributed by atoms with Crippen LogP contribution in [0.1, 0.15) is 38.7 Å². The lowest BCUT2D eigenvalue weighted by Crippen LogP contribution is -2.48. The molecule has 0 atom stereocenters. The molecule has 0 aliphatic carbocycles. The molecule has 0 saturated carbocycles. The summed E-state index contributed by atoms with van der Waals surface area (Å²) in [6.45, 7) is 4.82. The van der Waals surface area contributed by atoms with Crippen LogP contribution in [0, 0.1) is 17.0 Å². The molecule has 0 spiro atoms. The molecular formula is C17H22F2N2O2. The summed E-state index contributed by atoms with van der Waals surface area (Å²) in [5, 5.41) is 2.72. The zero-order valence-corrected chi connectivity index (χ0v) is 13.5. The Morgan fingerprint density at radius 2 is 1.91 bits per heavy atom. The predicted molar refractivity (Wildman–Crippen MR) is 82.4 cm³/mol. The van der Waals surface area contributed by atoms with Crippen molar-refractivity contribution in [1.29, 1.82) is 0 Å². The van der Waals surface area contributed by atoms with Crippen LogP contribution in [-0.2, 0) is 16.1 Å². The predicted octanol–water partition coefficient (Wildman–Crippen LogP) is 2.62. The molecule has 2 rings (SSSR count). The van der Waals surface area contributed by atoms with Gasteiger partial charge in [-0.2, -0.15) is 0 Å². The molecular weight excluding hydrogens is 302 g/mol. The highest BCUT2D eigenvalue weighted by Gasteiger charge is 2.37. The molecule has 4 nitrogen and oxygen atoms in total. The normalized spacial score (nSPS) is 17.0. The van der Waals surface area contributed by atoms with Crippen molar-refractivity contribution in [2.75, 3.05) is 13.1 Å². The molecule has 6 heteroatoms. The fourth-order valence-electron chi connectivity index (χ4n) is 2.75. The number of nitrogens with one attached hydrogen (secondary N) is 1. The van der Waals surface area contributed by atoms with Gasteiger partial charge < -0.3 is 10.2 Å². The molecule has 0 radical (unpaired) electrons. The van der Waals surface area contributed by atoms with Gasteiger partial charge in [-0.25, -0.2) is 8.78 Å². The number of carbonyl (C=O) groups excluding carboxylic acids is 2. The van der Waals surface area contributed by atoms with Gasteiger partial charge in [-0.05, 0) is 18.9 Å². The number of amides is 2. The summed E-state index contributed by atoms with van der Waals surface area (Å²) < 4.78 is 26.5. The molecule has 0 bridgehead atoms. The number of hydrogen-bond donors (Lipinski definition) is 1. The van der Waals surface area contributed by atoms with Crippen LogP contribution >= 0.6 is 0 Å². The van der Waals surface area contributed by atoms with Crippen molar-refractivity contribution < 1.29 is 18.4 Å². The van der Waals surface area contributed by atoms with E-state index in [0.717, 1.165) is 6.07 Å². The number of hydrogen-bond acceptors (Lipinski definition) is 2. The Morgan fingerprint density at radius 3 is 2.48 bits per heavy atom. The summed E-state index contributed by atoms with van der Waals surface area (Å²) in [4.78, 5) is 25.9. The SMILES string of the molecule is CCC(=O)N1CCC(C)(C(=O)NCc2ccc(F)cc2F)CC1. The van der Waals surface area contributed by atoms with Gasteiger partial charge in [-0.3, -0.25) is 9.59 Å². The van der Waals surface area contributed by atoms with Crippen molar-refractivity contribution >= 4 is 11.8 Å². The number of halogens is 2. The first-order valence-corrected chi connectivity index (χ1v) is 7.86. The Morgan fingerprint density at radius 1 is 1.26 bits per heavy atom. The Labute approximate surface area is 134 Å². The van der Waals surface area contributed by atoms with E-state index in [1.165, 1.54) is 12.1 Å². The number of piperidine rings is 1. The quantitative estimate of drug-likeness (QED) is 0.925. The smallest absolute Gasteiger partial charge is 0.226 e. The zero-order valence-electron chi connectivity index (χ0n) is 13.5. The average Bonchev–Trinajstić information content (AvgIpc) is 2.53. The lowest BCUT2D eigenvalue weighted by molar-refractivity contribution is -0.139. The van der Waals surface area contributed by atoms with Gasteiger partial charge in [0.2, 0.25) is 11.8 Å². The summed E-state index contributed by atoms with van der Waals surface area (Å²) in [5.41, 5.74) is -0.317. The monoisotopic (exact) mass is 324 g/mol. The molecule has 1 saturated heterocycles. The van der Waals surface area contributed by atoms with Crippen molar-refractivity contribution in [2.45, 2.75) is 39.7 Å². The lowest BCUT2D eigenvalue weighted by atomic mass is 9.79. The molecule has 23 heavy (non-hydrogen) atoms. The van der Waals surface area contributed by atoms with Crippen molar-refractivity contribution in [3.8, 4) is 0 Å². The molecule has 0 aromatic heterocycles. The third-order valence-electron chi connectivity index (χ3n) is 4.52. The van der Waals surface area contributed by atoms with Crippen LogP contribution in [0.5, 0.6) is 0 Å². The van der Waals surface area contributed by atoms with Crippen molar-refractivity contribution in [1.82, 2.24) is 10.2 Å². The number of rotatable bonds is 4. The number of benzene rings is 1. The second-order valence-electron chi connectivity index (χ2n) is 6.21. The Hall–Kier alpha value is -1.98. The van der Waals surface area contributed by atoms with E-state index in [1.54, 1.807) is 4.90 Å². The molecule has 126 valence electrons. The van der Waals surface area contributed by atoms with Crippen molar-refractivity contribution in [3.63, 3.8) is 0 Å². The molecule has 1 N–H and O–H groups in total. The van der Waals surface area contributed by atoms with Gasteiger partial charge in [0.25, 0.3) is 0 Å². The Bertz CT molecular complexity index is 596. The maximum absolute atomic E-state index is 13.6. The molecule has 1 aliphatic rings. The van der Waals surface area contributed by atoms with E-state index in [1.807, 2.05) is 13.8 Å². The van der Waals surface area contributed by atoms with Crippen molar-refractivity contribution in [2.24, 2.45) is 5.41 Å². The number of carbonyl (C=O) groups is 2. The maximum Gasteiger partial charge on any atom is 0.226 e. The molecule has 1 aromatic rings. The van der Waals surface area contributed by atoms with Crippen LogP contribution in [0.2, 0.25) is 0 Å². The van der Waals surface area contributed by atoms with Gasteiger partial charge in [0, 0.05) is 43.1 Å². The van der Waals surface area contributed by atoms with E-state index in [9.17, 15) is 18.4 Å². The van der Waals surface area contributed by atoms with E-state index in [0.29, 0.717) is 32.4 Å². The van der Waals surface area contributed by atoms with Gasteiger partial charge in [-0.15, -0.1) is 0 Å². The molecule has 1 aliphatic heterocycles. The summed E-state index contributed by atoms with van der Waals surface area (Å²) in [7, 11) is 0. The van der Waals surface area contributed by atoms with Gasteiger partial charge >= 0.3 is 0 Å². The third kappa shape index (κ3) is 4.06. The zero-order chi connectivity index (χ0) is 17.0. The Balaban J connectivity index is 1.92. The van der Waals surface area contributed by atoms with Crippen LogP contribution in [0.4, 0.5) is 8.78 Å². The fraction of sp³-hybridized carbons (Fsp3) is 0.529. The second kappa shape index (κ2) is 7.06. The average molecular weight is 324 g/mol. The highest BCUT2D eigenvalue weighted by molar-refractivity contribution is 5.83.